The molecule has 0 radical (unpaired) electrons. The Labute approximate surface area is 177 Å². The third-order valence-corrected chi connectivity index (χ3v) is 5.15. The summed E-state index contributed by atoms with van der Waals surface area (Å²) < 4.78 is 23.6. The number of nitro groups is 1. The molecule has 0 aliphatic heterocycles. The number of amides is 1. The number of esters is 1. The van der Waals surface area contributed by atoms with Crippen LogP contribution in [0.25, 0.3) is 0 Å². The molecule has 0 spiro atoms. The molecule has 0 unspecified atom stereocenters. The Morgan fingerprint density at radius 2 is 2.00 bits per heavy atom. The number of nitrogens with one attached hydrogen (secondary N) is 1. The number of benzene rings is 1. The highest BCUT2D eigenvalue weighted by Gasteiger charge is 2.38. The average Bonchev–Trinajstić information content (AvgIpc) is 3.06. The fourth-order valence-corrected chi connectivity index (χ4v) is 3.73. The van der Waals surface area contributed by atoms with Crippen molar-refractivity contribution in [3.8, 4) is 5.75 Å². The quantitative estimate of drug-likeness (QED) is 0.230. The van der Waals surface area contributed by atoms with E-state index in [9.17, 15) is 24.1 Å². The van der Waals surface area contributed by atoms with E-state index in [0.717, 1.165) is 43.9 Å². The zero-order chi connectivity index (χ0) is 22.4. The van der Waals surface area contributed by atoms with Crippen molar-refractivity contribution in [3.05, 3.63) is 45.8 Å². The predicted octanol–water partition coefficient (Wildman–Crippen LogP) is 3.34. The molecule has 1 heterocycles. The molecule has 1 aromatic carbocycles. The Morgan fingerprint density at radius 3 is 2.65 bits per heavy atom. The summed E-state index contributed by atoms with van der Waals surface area (Å²) >= 11 is 0. The van der Waals surface area contributed by atoms with Gasteiger partial charge in [0.1, 0.15) is 11.4 Å². The van der Waals surface area contributed by atoms with Crippen LogP contribution in [-0.2, 0) is 21.5 Å². The second kappa shape index (κ2) is 9.63. The maximum Gasteiger partial charge on any atom is 0.311 e. The molecule has 1 aliphatic rings. The summed E-state index contributed by atoms with van der Waals surface area (Å²) in [5.74, 6) is -1.68. The van der Waals surface area contributed by atoms with Crippen molar-refractivity contribution in [3.63, 3.8) is 0 Å². The first-order chi connectivity index (χ1) is 14.8. The van der Waals surface area contributed by atoms with Gasteiger partial charge in [0.25, 0.3) is 0 Å². The molecule has 166 valence electrons. The molecule has 11 heteroatoms. The number of carbonyl (C=O) groups excluding carboxylic acids is 2. The fraction of sp³-hybridized carbons (Fsp3) is 0.500. The molecule has 10 nitrogen and oxygen atoms in total. The van der Waals surface area contributed by atoms with E-state index in [1.807, 2.05) is 0 Å². The third-order valence-electron chi connectivity index (χ3n) is 5.15. The fourth-order valence-electron chi connectivity index (χ4n) is 3.73. The molecular weight excluding hydrogens is 411 g/mol. The van der Waals surface area contributed by atoms with Gasteiger partial charge in [-0.2, -0.15) is 4.98 Å². The summed E-state index contributed by atoms with van der Waals surface area (Å²) in [5, 5.41) is 18.0. The van der Waals surface area contributed by atoms with Crippen molar-refractivity contribution in [2.45, 2.75) is 63.8 Å². The molecule has 31 heavy (non-hydrogen) atoms. The van der Waals surface area contributed by atoms with E-state index in [1.165, 1.54) is 6.92 Å². The van der Waals surface area contributed by atoms with Crippen LogP contribution in [-0.4, -0.2) is 26.9 Å². The van der Waals surface area contributed by atoms with Gasteiger partial charge in [0, 0.05) is 25.5 Å². The van der Waals surface area contributed by atoms with Gasteiger partial charge in [-0.3, -0.25) is 19.7 Å². The molecule has 2 aromatic rings. The monoisotopic (exact) mass is 434 g/mol. The molecule has 0 atom stereocenters. The average molecular weight is 434 g/mol. The van der Waals surface area contributed by atoms with E-state index >= 15 is 0 Å². The summed E-state index contributed by atoms with van der Waals surface area (Å²) in [6.07, 6.45) is 5.17. The van der Waals surface area contributed by atoms with Gasteiger partial charge in [-0.25, -0.2) is 4.39 Å². The van der Waals surface area contributed by atoms with Crippen molar-refractivity contribution in [2.24, 2.45) is 0 Å². The SMILES string of the molecule is CC(=O)NC1(c2noc(CCC(=O)Oc3cc(F)ccc3[N+](=O)[O-])n2)CCCCCC1. The van der Waals surface area contributed by atoms with Gasteiger partial charge in [0.15, 0.2) is 5.82 Å². The second-order valence-corrected chi connectivity index (χ2v) is 7.53. The number of aromatic nitrogens is 2. The number of nitrogens with zero attached hydrogens (tertiary/aromatic N) is 3. The topological polar surface area (TPSA) is 137 Å². The number of aryl methyl sites for hydroxylation is 1. The van der Waals surface area contributed by atoms with Gasteiger partial charge < -0.3 is 14.6 Å². The maximum absolute atomic E-state index is 13.4. The van der Waals surface area contributed by atoms with E-state index in [2.05, 4.69) is 15.5 Å². The third kappa shape index (κ3) is 5.62. The summed E-state index contributed by atoms with van der Waals surface area (Å²) in [6, 6.07) is 2.62. The van der Waals surface area contributed by atoms with E-state index in [4.69, 9.17) is 9.26 Å². The minimum atomic E-state index is -0.806. The minimum absolute atomic E-state index is 0.0328. The summed E-state index contributed by atoms with van der Waals surface area (Å²) in [7, 11) is 0. The minimum Gasteiger partial charge on any atom is -0.419 e. The lowest BCUT2D eigenvalue weighted by molar-refractivity contribution is -0.385. The van der Waals surface area contributed by atoms with Crippen molar-refractivity contribution in [1.82, 2.24) is 15.5 Å². The van der Waals surface area contributed by atoms with E-state index in [1.54, 1.807) is 0 Å². The van der Waals surface area contributed by atoms with Crippen LogP contribution in [0.3, 0.4) is 0 Å². The second-order valence-electron chi connectivity index (χ2n) is 7.53. The number of ether oxygens (including phenoxy) is 1. The lowest BCUT2D eigenvalue weighted by Crippen LogP contribution is -2.45. The predicted molar refractivity (Wildman–Crippen MR) is 105 cm³/mol. The number of halogens is 1. The van der Waals surface area contributed by atoms with Crippen LogP contribution in [0.4, 0.5) is 10.1 Å². The maximum atomic E-state index is 13.4. The van der Waals surface area contributed by atoms with Gasteiger partial charge in [0.2, 0.25) is 17.5 Å². The Bertz CT molecular complexity index is 968. The summed E-state index contributed by atoms with van der Waals surface area (Å²) in [4.78, 5) is 38.5. The normalized spacial score (nSPS) is 15.7. The highest BCUT2D eigenvalue weighted by atomic mass is 19.1. The largest absolute Gasteiger partial charge is 0.419 e. The van der Waals surface area contributed by atoms with E-state index < -0.39 is 33.7 Å². The van der Waals surface area contributed by atoms with Gasteiger partial charge in [-0.15, -0.1) is 0 Å². The molecule has 1 aliphatic carbocycles. The molecule has 1 fully saturated rings. The van der Waals surface area contributed by atoms with Gasteiger partial charge in [-0.05, 0) is 18.9 Å². The number of carbonyl (C=O) groups is 2. The van der Waals surface area contributed by atoms with Crippen LogP contribution in [0.1, 0.15) is 63.6 Å². The van der Waals surface area contributed by atoms with Gasteiger partial charge in [0.05, 0.1) is 11.3 Å². The number of nitro benzene ring substituents is 1. The van der Waals surface area contributed by atoms with Crippen molar-refractivity contribution in [1.29, 1.82) is 0 Å². The van der Waals surface area contributed by atoms with Crippen LogP contribution in [0.5, 0.6) is 5.75 Å². The van der Waals surface area contributed by atoms with E-state index in [-0.39, 0.29) is 24.6 Å². The molecular formula is C20H23FN4O6. The summed E-state index contributed by atoms with van der Waals surface area (Å²) in [6.45, 7) is 1.44. The van der Waals surface area contributed by atoms with Crippen LogP contribution < -0.4 is 10.1 Å². The molecule has 1 aromatic heterocycles. The van der Waals surface area contributed by atoms with Gasteiger partial charge in [-0.1, -0.05) is 30.8 Å². The molecule has 3 rings (SSSR count). The lowest BCUT2D eigenvalue weighted by Gasteiger charge is -2.30. The Kier molecular flexibility index (Phi) is 6.93. The lowest BCUT2D eigenvalue weighted by atomic mass is 9.89. The smallest absolute Gasteiger partial charge is 0.311 e. The van der Waals surface area contributed by atoms with Crippen LogP contribution in [0.2, 0.25) is 0 Å². The Morgan fingerprint density at radius 1 is 1.29 bits per heavy atom. The Hall–Kier alpha value is -3.37. The zero-order valence-corrected chi connectivity index (χ0v) is 17.1. The first-order valence-electron chi connectivity index (χ1n) is 10.1. The standard InChI is InChI=1S/C20H23FN4O6/c1-13(26)23-20(10-4-2-3-5-11-20)19-22-17(31-24-19)8-9-18(27)30-16-12-14(21)6-7-15(16)25(28)29/h6-7,12H,2-5,8-11H2,1H3,(H,23,26). The highest BCUT2D eigenvalue weighted by molar-refractivity contribution is 5.74. The number of hydrogen-bond donors (Lipinski definition) is 1. The van der Waals surface area contributed by atoms with Gasteiger partial charge >= 0.3 is 11.7 Å². The molecule has 1 amide bonds. The van der Waals surface area contributed by atoms with Crippen molar-refractivity contribution >= 4 is 17.6 Å². The van der Waals surface area contributed by atoms with Crippen molar-refractivity contribution < 1.29 is 28.2 Å². The summed E-state index contributed by atoms with van der Waals surface area (Å²) in [5.41, 5.74) is -1.22. The molecule has 1 saturated carbocycles. The number of rotatable bonds is 7. The number of hydrogen-bond acceptors (Lipinski definition) is 8. The molecule has 1 N–H and O–H groups in total. The molecule has 0 saturated heterocycles. The highest BCUT2D eigenvalue weighted by Crippen LogP contribution is 2.34. The molecule has 0 bridgehead atoms. The zero-order valence-electron chi connectivity index (χ0n) is 17.1. The van der Waals surface area contributed by atoms with Crippen LogP contribution in [0, 0.1) is 15.9 Å². The first-order valence-corrected chi connectivity index (χ1v) is 10.1. The van der Waals surface area contributed by atoms with Crippen molar-refractivity contribution in [2.75, 3.05) is 0 Å². The Balaban J connectivity index is 1.67. The first kappa shape index (κ1) is 22.3. The van der Waals surface area contributed by atoms with E-state index in [0.29, 0.717) is 18.7 Å². The van der Waals surface area contributed by atoms with Crippen LogP contribution >= 0.6 is 0 Å². The van der Waals surface area contributed by atoms with Crippen LogP contribution in [0.15, 0.2) is 22.7 Å².